The summed E-state index contributed by atoms with van der Waals surface area (Å²) in [6.45, 7) is 3.07. The summed E-state index contributed by atoms with van der Waals surface area (Å²) in [7, 11) is 2.13. The molecule has 0 spiro atoms. The molecule has 0 aliphatic carbocycles. The number of rotatable bonds is 4. The van der Waals surface area contributed by atoms with Crippen LogP contribution in [0.4, 0.5) is 0 Å². The SMILES string of the molecule is CN(Cc1ccc2oc(=O)[nH]c2c1)CC1CCCN1. The number of likely N-dealkylation sites (N-methyl/N-ethyl adjacent to an activating group) is 1. The highest BCUT2D eigenvalue weighted by molar-refractivity contribution is 5.72. The zero-order valence-corrected chi connectivity index (χ0v) is 11.1. The third kappa shape index (κ3) is 2.88. The van der Waals surface area contributed by atoms with Crippen LogP contribution in [0.5, 0.6) is 0 Å². The molecule has 5 heteroatoms. The van der Waals surface area contributed by atoms with Crippen molar-refractivity contribution in [2.75, 3.05) is 20.1 Å². The number of hydrogen-bond acceptors (Lipinski definition) is 4. The average molecular weight is 261 g/mol. The average Bonchev–Trinajstić information content (AvgIpc) is 2.96. The zero-order chi connectivity index (χ0) is 13.2. The van der Waals surface area contributed by atoms with Crippen molar-refractivity contribution in [1.82, 2.24) is 15.2 Å². The summed E-state index contributed by atoms with van der Waals surface area (Å²) in [4.78, 5) is 16.1. The van der Waals surface area contributed by atoms with Gasteiger partial charge in [0.05, 0.1) is 5.52 Å². The van der Waals surface area contributed by atoms with E-state index in [1.54, 1.807) is 0 Å². The van der Waals surface area contributed by atoms with Crippen LogP contribution in [0.15, 0.2) is 27.4 Å². The van der Waals surface area contributed by atoms with Crippen LogP contribution < -0.4 is 11.1 Å². The van der Waals surface area contributed by atoms with E-state index in [1.807, 2.05) is 18.2 Å². The predicted octanol–water partition coefficient (Wildman–Crippen LogP) is 1.30. The molecule has 0 bridgehead atoms. The van der Waals surface area contributed by atoms with E-state index in [0.717, 1.165) is 25.2 Å². The van der Waals surface area contributed by atoms with Gasteiger partial charge in [-0.15, -0.1) is 0 Å². The zero-order valence-electron chi connectivity index (χ0n) is 11.1. The van der Waals surface area contributed by atoms with Crippen LogP contribution >= 0.6 is 0 Å². The summed E-state index contributed by atoms with van der Waals surface area (Å²) in [5, 5.41) is 3.50. The van der Waals surface area contributed by atoms with Crippen molar-refractivity contribution in [1.29, 1.82) is 0 Å². The molecule has 5 nitrogen and oxygen atoms in total. The van der Waals surface area contributed by atoms with Gasteiger partial charge >= 0.3 is 5.76 Å². The molecule has 2 heterocycles. The molecule has 3 rings (SSSR count). The Bertz CT molecular complexity index is 610. The quantitative estimate of drug-likeness (QED) is 0.871. The lowest BCUT2D eigenvalue weighted by atomic mass is 10.1. The van der Waals surface area contributed by atoms with Gasteiger partial charge in [0.15, 0.2) is 5.58 Å². The molecule has 19 heavy (non-hydrogen) atoms. The topological polar surface area (TPSA) is 61.3 Å². The molecule has 1 fully saturated rings. The Balaban J connectivity index is 1.67. The van der Waals surface area contributed by atoms with Crippen molar-refractivity contribution in [2.45, 2.75) is 25.4 Å². The fraction of sp³-hybridized carbons (Fsp3) is 0.500. The lowest BCUT2D eigenvalue weighted by Crippen LogP contribution is -2.34. The van der Waals surface area contributed by atoms with Gasteiger partial charge in [-0.25, -0.2) is 4.79 Å². The monoisotopic (exact) mass is 261 g/mol. The molecule has 2 N–H and O–H groups in total. The van der Waals surface area contributed by atoms with Gasteiger partial charge in [-0.2, -0.15) is 0 Å². The van der Waals surface area contributed by atoms with Gasteiger partial charge in [-0.05, 0) is 44.1 Å². The van der Waals surface area contributed by atoms with Crippen LogP contribution in [-0.2, 0) is 6.54 Å². The van der Waals surface area contributed by atoms with Crippen LogP contribution in [0.3, 0.4) is 0 Å². The molecule has 1 aromatic heterocycles. The summed E-state index contributed by atoms with van der Waals surface area (Å²) in [6, 6.07) is 6.46. The van der Waals surface area contributed by atoms with Gasteiger partial charge in [0, 0.05) is 19.1 Å². The number of benzene rings is 1. The second-order valence-electron chi connectivity index (χ2n) is 5.34. The maximum Gasteiger partial charge on any atom is 0.417 e. The van der Waals surface area contributed by atoms with Gasteiger partial charge < -0.3 is 14.6 Å². The molecular formula is C14H19N3O2. The minimum atomic E-state index is -0.393. The van der Waals surface area contributed by atoms with Gasteiger partial charge in [0.1, 0.15) is 0 Å². The predicted molar refractivity (Wildman–Crippen MR) is 74.2 cm³/mol. The van der Waals surface area contributed by atoms with E-state index >= 15 is 0 Å². The van der Waals surface area contributed by atoms with Crippen molar-refractivity contribution in [2.24, 2.45) is 0 Å². The summed E-state index contributed by atoms with van der Waals surface area (Å²) < 4.78 is 5.00. The third-order valence-electron chi connectivity index (χ3n) is 3.63. The van der Waals surface area contributed by atoms with Crippen molar-refractivity contribution < 1.29 is 4.42 Å². The summed E-state index contributed by atoms with van der Waals surface area (Å²) >= 11 is 0. The first-order chi connectivity index (χ1) is 9.20. The molecule has 1 unspecified atom stereocenters. The first-order valence-electron chi connectivity index (χ1n) is 6.74. The van der Waals surface area contributed by atoms with Crippen LogP contribution in [-0.4, -0.2) is 36.1 Å². The number of oxazole rings is 1. The molecule has 0 amide bonds. The fourth-order valence-electron chi connectivity index (χ4n) is 2.76. The van der Waals surface area contributed by atoms with Crippen LogP contribution in [0, 0.1) is 0 Å². The Morgan fingerprint density at radius 1 is 1.47 bits per heavy atom. The van der Waals surface area contributed by atoms with Crippen molar-refractivity contribution in [3.05, 3.63) is 34.3 Å². The van der Waals surface area contributed by atoms with Gasteiger partial charge in [-0.1, -0.05) is 6.07 Å². The number of nitrogens with one attached hydrogen (secondary N) is 2. The Morgan fingerprint density at radius 3 is 3.16 bits per heavy atom. The minimum absolute atomic E-state index is 0.393. The standard InChI is InChI=1S/C14H19N3O2/c1-17(9-11-3-2-6-15-11)8-10-4-5-13-12(7-10)16-14(18)19-13/h4-5,7,11,15H,2-3,6,8-9H2,1H3,(H,16,18). The van der Waals surface area contributed by atoms with Crippen LogP contribution in [0.1, 0.15) is 18.4 Å². The Kier molecular flexibility index (Phi) is 3.40. The van der Waals surface area contributed by atoms with E-state index in [4.69, 9.17) is 4.42 Å². The number of nitrogens with zero attached hydrogens (tertiary/aromatic N) is 1. The highest BCUT2D eigenvalue weighted by atomic mass is 16.4. The number of hydrogen-bond donors (Lipinski definition) is 2. The Hall–Kier alpha value is -1.59. The number of aromatic nitrogens is 1. The third-order valence-corrected chi connectivity index (χ3v) is 3.63. The van der Waals surface area contributed by atoms with E-state index < -0.39 is 5.76 Å². The van der Waals surface area contributed by atoms with E-state index in [0.29, 0.717) is 11.6 Å². The second kappa shape index (κ2) is 5.19. The van der Waals surface area contributed by atoms with Crippen LogP contribution in [0.25, 0.3) is 11.1 Å². The van der Waals surface area contributed by atoms with E-state index in [2.05, 4.69) is 22.2 Å². The Morgan fingerprint density at radius 2 is 2.37 bits per heavy atom. The summed E-state index contributed by atoms with van der Waals surface area (Å²) in [5.41, 5.74) is 2.58. The summed E-state index contributed by atoms with van der Waals surface area (Å²) in [6.07, 6.45) is 2.54. The van der Waals surface area contributed by atoms with Crippen molar-refractivity contribution in [3.8, 4) is 0 Å². The summed E-state index contributed by atoms with van der Waals surface area (Å²) in [5.74, 6) is -0.393. The van der Waals surface area contributed by atoms with E-state index in [1.165, 1.54) is 18.4 Å². The Labute approximate surface area is 111 Å². The first kappa shape index (κ1) is 12.4. The lowest BCUT2D eigenvalue weighted by molar-refractivity contribution is 0.293. The maximum absolute atomic E-state index is 11.1. The largest absolute Gasteiger partial charge is 0.417 e. The molecule has 1 saturated heterocycles. The van der Waals surface area contributed by atoms with Gasteiger partial charge in [0.25, 0.3) is 0 Å². The van der Waals surface area contributed by atoms with Crippen molar-refractivity contribution in [3.63, 3.8) is 0 Å². The smallest absolute Gasteiger partial charge is 0.408 e. The molecular weight excluding hydrogens is 242 g/mol. The highest BCUT2D eigenvalue weighted by Gasteiger charge is 2.16. The lowest BCUT2D eigenvalue weighted by Gasteiger charge is -2.21. The van der Waals surface area contributed by atoms with Gasteiger partial charge in [0.2, 0.25) is 0 Å². The molecule has 1 aliphatic rings. The molecule has 0 saturated carbocycles. The number of H-pyrrole nitrogens is 1. The van der Waals surface area contributed by atoms with Crippen molar-refractivity contribution >= 4 is 11.1 Å². The van der Waals surface area contributed by atoms with E-state index in [9.17, 15) is 4.79 Å². The molecule has 1 aromatic carbocycles. The maximum atomic E-state index is 11.1. The number of fused-ring (bicyclic) bond motifs is 1. The molecule has 102 valence electrons. The van der Waals surface area contributed by atoms with Gasteiger partial charge in [-0.3, -0.25) is 4.98 Å². The fourth-order valence-corrected chi connectivity index (χ4v) is 2.76. The molecule has 1 atom stereocenters. The normalized spacial score (nSPS) is 19.6. The highest BCUT2D eigenvalue weighted by Crippen LogP contribution is 2.14. The molecule has 2 aromatic rings. The second-order valence-corrected chi connectivity index (χ2v) is 5.34. The molecule has 1 aliphatic heterocycles. The van der Waals surface area contributed by atoms with E-state index in [-0.39, 0.29) is 0 Å². The van der Waals surface area contributed by atoms with Crippen LogP contribution in [0.2, 0.25) is 0 Å². The first-order valence-corrected chi connectivity index (χ1v) is 6.74. The minimum Gasteiger partial charge on any atom is -0.408 e. The number of aromatic amines is 1. The molecule has 0 radical (unpaired) electrons.